The van der Waals surface area contributed by atoms with Crippen LogP contribution in [-0.2, 0) is 16.4 Å². The number of carbonyl (C=O) groups excluding carboxylic acids is 1. The Balaban J connectivity index is 2.07. The van der Waals surface area contributed by atoms with Gasteiger partial charge in [-0.3, -0.25) is 0 Å². The van der Waals surface area contributed by atoms with Crippen molar-refractivity contribution in [2.45, 2.75) is 25.3 Å². The predicted molar refractivity (Wildman–Crippen MR) is 91.3 cm³/mol. The summed E-state index contributed by atoms with van der Waals surface area (Å²) < 4.78 is 23.2. The first-order valence-electron chi connectivity index (χ1n) is 7.17. The Morgan fingerprint density at radius 3 is 2.39 bits per heavy atom. The van der Waals surface area contributed by atoms with Crippen molar-refractivity contribution in [1.29, 1.82) is 0 Å². The van der Waals surface area contributed by atoms with Gasteiger partial charge in [-0.15, -0.1) is 0 Å². The second-order valence-electron chi connectivity index (χ2n) is 5.48. The van der Waals surface area contributed by atoms with Gasteiger partial charge in [0, 0.05) is 18.5 Å². The number of aryl methyl sites for hydroxylation is 2. The molecule has 2 aromatic carbocycles. The second kappa shape index (κ2) is 6.83. The molecular formula is C17H20N2O3S. The molecule has 0 saturated carbocycles. The van der Waals surface area contributed by atoms with Gasteiger partial charge in [-0.25, -0.2) is 13.2 Å². The quantitative estimate of drug-likeness (QED) is 0.903. The van der Waals surface area contributed by atoms with Crippen LogP contribution in [0.4, 0.5) is 10.5 Å². The van der Waals surface area contributed by atoms with Crippen LogP contribution in [0.3, 0.4) is 0 Å². The number of benzene rings is 2. The smallest absolute Gasteiger partial charge is 0.319 e. The monoisotopic (exact) mass is 332 g/mol. The molecule has 0 saturated heterocycles. The van der Waals surface area contributed by atoms with E-state index >= 15 is 0 Å². The Bertz CT molecular complexity index is 829. The van der Waals surface area contributed by atoms with Crippen LogP contribution in [0.2, 0.25) is 0 Å². The fraction of sp³-hybridized carbons (Fsp3) is 0.235. The first kappa shape index (κ1) is 17.0. The van der Waals surface area contributed by atoms with E-state index in [4.69, 9.17) is 0 Å². The molecule has 0 unspecified atom stereocenters. The van der Waals surface area contributed by atoms with Crippen molar-refractivity contribution >= 4 is 21.6 Å². The van der Waals surface area contributed by atoms with Crippen molar-refractivity contribution in [1.82, 2.24) is 5.32 Å². The molecule has 23 heavy (non-hydrogen) atoms. The first-order chi connectivity index (χ1) is 10.8. The molecule has 2 aromatic rings. The van der Waals surface area contributed by atoms with E-state index in [1.165, 1.54) is 12.1 Å². The standard InChI is InChI=1S/C17H20N2O3S/c1-12-6-4-5-7-14(12)11-18-17(20)19-16-10-15(23(3,21)22)9-8-13(16)2/h4-10H,11H2,1-3H3,(H2,18,19,20). The molecule has 2 rings (SSSR count). The van der Waals surface area contributed by atoms with Crippen LogP contribution in [0.25, 0.3) is 0 Å². The van der Waals surface area contributed by atoms with E-state index in [2.05, 4.69) is 10.6 Å². The van der Waals surface area contributed by atoms with Gasteiger partial charge in [0.15, 0.2) is 9.84 Å². The van der Waals surface area contributed by atoms with E-state index in [1.807, 2.05) is 38.1 Å². The Morgan fingerprint density at radius 2 is 1.74 bits per heavy atom. The van der Waals surface area contributed by atoms with Crippen LogP contribution >= 0.6 is 0 Å². The number of amides is 2. The van der Waals surface area contributed by atoms with Gasteiger partial charge in [-0.1, -0.05) is 30.3 Å². The van der Waals surface area contributed by atoms with Crippen molar-refractivity contribution in [3.05, 3.63) is 59.2 Å². The highest BCUT2D eigenvalue weighted by atomic mass is 32.2. The molecule has 0 aromatic heterocycles. The third-order valence-corrected chi connectivity index (χ3v) is 4.70. The van der Waals surface area contributed by atoms with Gasteiger partial charge in [-0.2, -0.15) is 0 Å². The third kappa shape index (κ3) is 4.56. The number of hydrogen-bond donors (Lipinski definition) is 2. The summed E-state index contributed by atoms with van der Waals surface area (Å²) in [4.78, 5) is 12.2. The first-order valence-corrected chi connectivity index (χ1v) is 9.06. The van der Waals surface area contributed by atoms with E-state index in [1.54, 1.807) is 6.07 Å². The summed E-state index contributed by atoms with van der Waals surface area (Å²) in [7, 11) is -3.31. The summed E-state index contributed by atoms with van der Waals surface area (Å²) in [5, 5.41) is 5.47. The molecule has 0 heterocycles. The second-order valence-corrected chi connectivity index (χ2v) is 7.50. The highest BCUT2D eigenvalue weighted by Gasteiger charge is 2.11. The summed E-state index contributed by atoms with van der Waals surface area (Å²) in [6.45, 7) is 4.20. The molecule has 2 amide bonds. The number of urea groups is 1. The van der Waals surface area contributed by atoms with Gasteiger partial charge in [0.25, 0.3) is 0 Å². The van der Waals surface area contributed by atoms with Gasteiger partial charge in [0.1, 0.15) is 0 Å². The molecule has 0 aliphatic rings. The minimum Gasteiger partial charge on any atom is -0.334 e. The van der Waals surface area contributed by atoms with Gasteiger partial charge >= 0.3 is 6.03 Å². The highest BCUT2D eigenvalue weighted by molar-refractivity contribution is 7.90. The largest absolute Gasteiger partial charge is 0.334 e. The lowest BCUT2D eigenvalue weighted by atomic mass is 10.1. The van der Waals surface area contributed by atoms with E-state index in [0.717, 1.165) is 22.9 Å². The van der Waals surface area contributed by atoms with Crippen LogP contribution in [0.1, 0.15) is 16.7 Å². The molecule has 122 valence electrons. The third-order valence-electron chi connectivity index (χ3n) is 3.59. The van der Waals surface area contributed by atoms with Gasteiger partial charge in [0.05, 0.1) is 4.90 Å². The van der Waals surface area contributed by atoms with Crippen LogP contribution in [0.15, 0.2) is 47.4 Å². The van der Waals surface area contributed by atoms with Crippen molar-refractivity contribution in [3.63, 3.8) is 0 Å². The molecule has 0 aliphatic carbocycles. The number of anilines is 1. The Kier molecular flexibility index (Phi) is 5.05. The molecule has 0 fully saturated rings. The molecular weight excluding hydrogens is 312 g/mol. The van der Waals surface area contributed by atoms with Crippen molar-refractivity contribution in [3.8, 4) is 0 Å². The lowest BCUT2D eigenvalue weighted by Gasteiger charge is -2.12. The van der Waals surface area contributed by atoms with E-state index in [9.17, 15) is 13.2 Å². The average Bonchev–Trinajstić information content (AvgIpc) is 2.47. The SMILES string of the molecule is Cc1ccccc1CNC(=O)Nc1cc(S(C)(=O)=O)ccc1C. The molecule has 6 heteroatoms. The zero-order chi connectivity index (χ0) is 17.0. The van der Waals surface area contributed by atoms with Crippen molar-refractivity contribution in [2.75, 3.05) is 11.6 Å². The van der Waals surface area contributed by atoms with Crippen LogP contribution in [-0.4, -0.2) is 20.7 Å². The summed E-state index contributed by atoms with van der Waals surface area (Å²) in [5.41, 5.74) is 3.41. The van der Waals surface area contributed by atoms with Crippen molar-refractivity contribution in [2.24, 2.45) is 0 Å². The number of carbonyl (C=O) groups is 1. The zero-order valence-corrected chi connectivity index (χ0v) is 14.2. The Morgan fingerprint density at radius 1 is 1.04 bits per heavy atom. The minimum absolute atomic E-state index is 0.178. The topological polar surface area (TPSA) is 75.3 Å². The van der Waals surface area contributed by atoms with Gasteiger partial charge < -0.3 is 10.6 Å². The minimum atomic E-state index is -3.31. The maximum atomic E-state index is 12.0. The summed E-state index contributed by atoms with van der Waals surface area (Å²) in [6, 6.07) is 12.1. The molecule has 0 atom stereocenters. The van der Waals surface area contributed by atoms with Crippen LogP contribution in [0, 0.1) is 13.8 Å². The molecule has 0 aliphatic heterocycles. The number of hydrogen-bond acceptors (Lipinski definition) is 3. The molecule has 2 N–H and O–H groups in total. The molecule has 0 radical (unpaired) electrons. The Hall–Kier alpha value is -2.34. The molecule has 5 nitrogen and oxygen atoms in total. The van der Waals surface area contributed by atoms with Gasteiger partial charge in [-0.05, 0) is 42.7 Å². The van der Waals surface area contributed by atoms with E-state index in [0.29, 0.717) is 12.2 Å². The summed E-state index contributed by atoms with van der Waals surface area (Å²) in [5.74, 6) is 0. The average molecular weight is 332 g/mol. The number of sulfone groups is 1. The molecule has 0 spiro atoms. The van der Waals surface area contributed by atoms with E-state index < -0.39 is 9.84 Å². The van der Waals surface area contributed by atoms with E-state index in [-0.39, 0.29) is 10.9 Å². The van der Waals surface area contributed by atoms with Crippen molar-refractivity contribution < 1.29 is 13.2 Å². The molecule has 0 bridgehead atoms. The zero-order valence-electron chi connectivity index (χ0n) is 13.4. The lowest BCUT2D eigenvalue weighted by Crippen LogP contribution is -2.28. The lowest BCUT2D eigenvalue weighted by molar-refractivity contribution is 0.251. The maximum absolute atomic E-state index is 12.0. The van der Waals surface area contributed by atoms with Gasteiger partial charge in [0.2, 0.25) is 0 Å². The summed E-state index contributed by atoms with van der Waals surface area (Å²) in [6.07, 6.45) is 1.14. The van der Waals surface area contributed by atoms with Crippen LogP contribution in [0.5, 0.6) is 0 Å². The number of nitrogens with one attached hydrogen (secondary N) is 2. The maximum Gasteiger partial charge on any atom is 0.319 e. The fourth-order valence-corrected chi connectivity index (χ4v) is 2.76. The fourth-order valence-electron chi connectivity index (χ4n) is 2.12. The number of rotatable bonds is 4. The normalized spacial score (nSPS) is 11.1. The highest BCUT2D eigenvalue weighted by Crippen LogP contribution is 2.20. The summed E-state index contributed by atoms with van der Waals surface area (Å²) >= 11 is 0. The Labute approximate surface area is 136 Å². The predicted octanol–water partition coefficient (Wildman–Crippen LogP) is 3.03. The van der Waals surface area contributed by atoms with Crippen LogP contribution < -0.4 is 10.6 Å².